The zero-order valence-electron chi connectivity index (χ0n) is 30.4. The lowest BCUT2D eigenvalue weighted by Gasteiger charge is -2.19. The molecule has 5 N–H and O–H groups in total. The van der Waals surface area contributed by atoms with Crippen molar-refractivity contribution >= 4 is 29.2 Å². The Morgan fingerprint density at radius 3 is 2.54 bits per heavy atom. The number of carbonyl (C=O) groups is 1. The number of rotatable bonds is 19. The van der Waals surface area contributed by atoms with Crippen molar-refractivity contribution in [1.82, 2.24) is 20.6 Å². The minimum absolute atomic E-state index is 0.0243. The summed E-state index contributed by atoms with van der Waals surface area (Å²) in [5.74, 6) is 0.0386. The van der Waals surface area contributed by atoms with Crippen molar-refractivity contribution < 1.29 is 34.3 Å². The molecule has 0 bridgehead atoms. The van der Waals surface area contributed by atoms with Gasteiger partial charge in [0.15, 0.2) is 0 Å². The maximum Gasteiger partial charge on any atom is 0.306 e. The maximum atomic E-state index is 11.0. The van der Waals surface area contributed by atoms with Crippen LogP contribution in [-0.4, -0.2) is 70.2 Å². The second-order valence-electron chi connectivity index (χ2n) is 13.1. The van der Waals surface area contributed by atoms with E-state index in [0.29, 0.717) is 47.8 Å². The van der Waals surface area contributed by atoms with Gasteiger partial charge in [0.25, 0.3) is 0 Å². The number of nitrogens with one attached hydrogen (secondary N) is 2. The second-order valence-corrected chi connectivity index (χ2v) is 13.9. The number of nitrogens with zero attached hydrogens (tertiary/aromatic N) is 3. The summed E-state index contributed by atoms with van der Waals surface area (Å²) in [6.07, 6.45) is 2.62. The number of ether oxygens (including phenoxy) is 3. The summed E-state index contributed by atoms with van der Waals surface area (Å²) in [5, 5.41) is 44.3. The fraction of sp³-hybridized carbons (Fsp3) is 0.286. The Hall–Kier alpha value is -5.26. The molecule has 2 atom stereocenters. The molecule has 0 radical (unpaired) electrons. The molecule has 6 rings (SSSR count). The minimum atomic E-state index is -1.10. The van der Waals surface area contributed by atoms with E-state index in [2.05, 4.69) is 32.7 Å². The molecular weight excluding hydrogens is 757 g/mol. The van der Waals surface area contributed by atoms with Crippen LogP contribution in [0, 0.1) is 11.3 Å². The molecule has 0 amide bonds. The number of halogens is 2. The summed E-state index contributed by atoms with van der Waals surface area (Å²) in [5.41, 5.74) is 7.50. The summed E-state index contributed by atoms with van der Waals surface area (Å²) < 4.78 is 18.4. The summed E-state index contributed by atoms with van der Waals surface area (Å²) >= 11 is 13.9. The molecule has 3 aromatic carbocycles. The lowest BCUT2D eigenvalue weighted by Crippen LogP contribution is -2.28. The standard InChI is InChI=1S/C42H41Cl2N5O7/c43-37-18-29(23-48-24-30(51)19-39(52)53)41(55-25-27-17-26(20-45)21-47-22-27)49-42(37)56-38-12-11-34-33(4-2-5-35(34)38)36-6-1-3-32(40(36)44)28-7-9-31(10-8-28)54-16-14-46-13-15-50/h1-10,17-18,21-22,30,38,46,48,50-51H,11-16,19,23-25H2,(H,52,53)/t30?,38-/m0/s1. The van der Waals surface area contributed by atoms with Crippen LogP contribution in [0.2, 0.25) is 10.0 Å². The molecule has 0 aliphatic heterocycles. The summed E-state index contributed by atoms with van der Waals surface area (Å²) in [6, 6.07) is 25.3. The summed E-state index contributed by atoms with van der Waals surface area (Å²) in [4.78, 5) is 19.8. The van der Waals surface area contributed by atoms with Gasteiger partial charge in [-0.2, -0.15) is 10.2 Å². The van der Waals surface area contributed by atoms with Crippen molar-refractivity contribution in [3.8, 4) is 45.8 Å². The highest BCUT2D eigenvalue weighted by Gasteiger charge is 2.29. The average Bonchev–Trinajstić information content (AvgIpc) is 3.61. The monoisotopic (exact) mass is 797 g/mol. The molecule has 2 aromatic heterocycles. The number of nitriles is 1. The quantitative estimate of drug-likeness (QED) is 0.0573. The normalized spacial score (nSPS) is 13.8. The van der Waals surface area contributed by atoms with Crippen molar-refractivity contribution in [2.75, 3.05) is 32.8 Å². The van der Waals surface area contributed by atoms with E-state index in [1.807, 2.05) is 54.6 Å². The number of hydrogen-bond donors (Lipinski definition) is 5. The Morgan fingerprint density at radius 2 is 1.75 bits per heavy atom. The molecule has 56 heavy (non-hydrogen) atoms. The molecule has 0 saturated heterocycles. The Kier molecular flexibility index (Phi) is 14.1. The third-order valence-corrected chi connectivity index (χ3v) is 9.83. The highest BCUT2D eigenvalue weighted by molar-refractivity contribution is 6.36. The number of carboxylic acid groups (broad SMARTS) is 1. The third-order valence-electron chi connectivity index (χ3n) is 9.15. The van der Waals surface area contributed by atoms with E-state index in [-0.39, 0.29) is 49.2 Å². The van der Waals surface area contributed by atoms with Crippen molar-refractivity contribution in [2.24, 2.45) is 0 Å². The van der Waals surface area contributed by atoms with Crippen LogP contribution in [0.1, 0.15) is 46.8 Å². The zero-order valence-corrected chi connectivity index (χ0v) is 31.9. The van der Waals surface area contributed by atoms with Crippen LogP contribution in [0.5, 0.6) is 17.5 Å². The molecule has 12 nitrogen and oxygen atoms in total. The Morgan fingerprint density at radius 1 is 0.964 bits per heavy atom. The number of aliphatic carboxylic acids is 1. The van der Waals surface area contributed by atoms with Crippen LogP contribution in [0.25, 0.3) is 22.3 Å². The van der Waals surface area contributed by atoms with E-state index < -0.39 is 18.5 Å². The number of aliphatic hydroxyl groups is 2. The molecule has 0 fully saturated rings. The van der Waals surface area contributed by atoms with Gasteiger partial charge in [-0.05, 0) is 59.4 Å². The van der Waals surface area contributed by atoms with Crippen LogP contribution < -0.4 is 24.8 Å². The van der Waals surface area contributed by atoms with Crippen LogP contribution in [0.4, 0.5) is 0 Å². The van der Waals surface area contributed by atoms with Crippen LogP contribution in [0.15, 0.2) is 85.2 Å². The van der Waals surface area contributed by atoms with Crippen LogP contribution in [-0.2, 0) is 24.4 Å². The first-order valence-corrected chi connectivity index (χ1v) is 18.9. The van der Waals surface area contributed by atoms with Crippen LogP contribution in [0.3, 0.4) is 0 Å². The number of aromatic nitrogens is 2. The number of fused-ring (bicyclic) bond motifs is 1. The number of carboxylic acids is 1. The van der Waals surface area contributed by atoms with Gasteiger partial charge in [-0.3, -0.25) is 9.78 Å². The van der Waals surface area contributed by atoms with E-state index in [1.54, 1.807) is 18.3 Å². The molecule has 0 saturated carbocycles. The Bertz CT molecular complexity index is 2180. The van der Waals surface area contributed by atoms with E-state index in [9.17, 15) is 15.2 Å². The van der Waals surface area contributed by atoms with Gasteiger partial charge in [0.05, 0.1) is 29.7 Å². The lowest BCUT2D eigenvalue weighted by atomic mass is 9.94. The van der Waals surface area contributed by atoms with Crippen molar-refractivity contribution in [2.45, 2.75) is 44.6 Å². The van der Waals surface area contributed by atoms with Gasteiger partial charge in [0, 0.05) is 60.8 Å². The molecule has 1 aliphatic carbocycles. The first-order valence-electron chi connectivity index (χ1n) is 18.1. The molecule has 1 unspecified atom stereocenters. The Labute approximate surface area is 334 Å². The fourth-order valence-corrected chi connectivity index (χ4v) is 7.07. The first-order chi connectivity index (χ1) is 27.2. The largest absolute Gasteiger partial charge is 0.492 e. The number of benzene rings is 3. The number of hydrogen-bond acceptors (Lipinski definition) is 11. The van der Waals surface area contributed by atoms with Gasteiger partial charge in [0.1, 0.15) is 36.2 Å². The lowest BCUT2D eigenvalue weighted by molar-refractivity contribution is -0.139. The number of pyridine rings is 2. The maximum absolute atomic E-state index is 11.0. The molecule has 2 heterocycles. The van der Waals surface area contributed by atoms with Crippen molar-refractivity contribution in [3.63, 3.8) is 0 Å². The molecular formula is C42H41Cl2N5O7. The van der Waals surface area contributed by atoms with Gasteiger partial charge in [0.2, 0.25) is 11.8 Å². The van der Waals surface area contributed by atoms with Gasteiger partial charge >= 0.3 is 5.97 Å². The van der Waals surface area contributed by atoms with E-state index in [0.717, 1.165) is 45.6 Å². The van der Waals surface area contributed by atoms with Crippen molar-refractivity contribution in [1.29, 1.82) is 5.26 Å². The SMILES string of the molecule is N#Cc1cncc(COc2nc(O[C@H]3CCc4c(-c5cccc(-c6ccc(OCCNCCO)cc6)c5Cl)cccc43)c(Cl)cc2CNCC(O)CC(=O)O)c1. The van der Waals surface area contributed by atoms with Gasteiger partial charge in [-0.15, -0.1) is 0 Å². The molecule has 1 aliphatic rings. The highest BCUT2D eigenvalue weighted by Crippen LogP contribution is 2.45. The second kappa shape index (κ2) is 19.6. The molecule has 0 spiro atoms. The van der Waals surface area contributed by atoms with Gasteiger partial charge in [-0.1, -0.05) is 71.7 Å². The summed E-state index contributed by atoms with van der Waals surface area (Å²) in [7, 11) is 0. The smallest absolute Gasteiger partial charge is 0.306 e. The average molecular weight is 799 g/mol. The van der Waals surface area contributed by atoms with Gasteiger partial charge < -0.3 is 40.2 Å². The first kappa shape index (κ1) is 40.4. The van der Waals surface area contributed by atoms with E-state index in [4.69, 9.17) is 47.6 Å². The van der Waals surface area contributed by atoms with Gasteiger partial charge in [-0.25, -0.2) is 0 Å². The molecule has 290 valence electrons. The zero-order chi connectivity index (χ0) is 39.4. The molecule has 5 aromatic rings. The Balaban J connectivity index is 1.21. The van der Waals surface area contributed by atoms with E-state index in [1.165, 1.54) is 6.20 Å². The predicted octanol–water partition coefficient (Wildman–Crippen LogP) is 6.52. The summed E-state index contributed by atoms with van der Waals surface area (Å²) in [6.45, 7) is 1.99. The highest BCUT2D eigenvalue weighted by atomic mass is 35.5. The van der Waals surface area contributed by atoms with E-state index >= 15 is 0 Å². The predicted molar refractivity (Wildman–Crippen MR) is 212 cm³/mol. The number of aliphatic hydroxyl groups excluding tert-OH is 2. The molecule has 14 heteroatoms. The van der Waals surface area contributed by atoms with Crippen molar-refractivity contribution in [3.05, 3.63) is 123 Å². The fourth-order valence-electron chi connectivity index (χ4n) is 6.52. The minimum Gasteiger partial charge on any atom is -0.492 e. The third kappa shape index (κ3) is 10.3. The van der Waals surface area contributed by atoms with Crippen LogP contribution >= 0.6 is 23.2 Å². The topological polar surface area (TPSA) is 179 Å².